The topological polar surface area (TPSA) is 57.7 Å². The number of benzene rings is 1. The van der Waals surface area contributed by atoms with Crippen LogP contribution in [0.2, 0.25) is 0 Å². The fraction of sp³-hybridized carbons (Fsp3) is 0.611. The normalized spacial score (nSPS) is 11.1. The molecule has 0 amide bonds. The third-order valence-corrected chi connectivity index (χ3v) is 3.35. The highest BCUT2D eigenvalue weighted by atomic mass is 127. The molecule has 138 valence electrons. The Morgan fingerprint density at radius 1 is 1.04 bits per heavy atom. The Morgan fingerprint density at radius 3 is 2.42 bits per heavy atom. The summed E-state index contributed by atoms with van der Waals surface area (Å²) in [6.07, 6.45) is 2.14. The molecule has 1 aromatic rings. The van der Waals surface area contributed by atoms with Crippen molar-refractivity contribution in [3.05, 3.63) is 30.3 Å². The Labute approximate surface area is 164 Å². The first kappa shape index (κ1) is 23.0. The number of guanidine groups is 1. The lowest BCUT2D eigenvalue weighted by molar-refractivity contribution is 0.128. The van der Waals surface area contributed by atoms with Crippen molar-refractivity contribution in [2.24, 2.45) is 10.9 Å². The van der Waals surface area contributed by atoms with Crippen LogP contribution < -0.4 is 16.0 Å². The van der Waals surface area contributed by atoms with E-state index in [4.69, 9.17) is 4.74 Å². The van der Waals surface area contributed by atoms with E-state index in [2.05, 4.69) is 46.9 Å². The molecule has 5 nitrogen and oxygen atoms in total. The number of ether oxygens (including phenoxy) is 1. The van der Waals surface area contributed by atoms with Gasteiger partial charge in [0.1, 0.15) is 0 Å². The van der Waals surface area contributed by atoms with Gasteiger partial charge in [0.2, 0.25) is 0 Å². The van der Waals surface area contributed by atoms with Crippen LogP contribution in [-0.2, 0) is 4.74 Å². The van der Waals surface area contributed by atoms with Crippen LogP contribution in [0.1, 0.15) is 26.7 Å². The lowest BCUT2D eigenvalue weighted by Crippen LogP contribution is -2.39. The van der Waals surface area contributed by atoms with Gasteiger partial charge in [-0.1, -0.05) is 32.0 Å². The summed E-state index contributed by atoms with van der Waals surface area (Å²) in [5.74, 6) is 1.53. The maximum atomic E-state index is 5.58. The molecule has 0 unspecified atom stereocenters. The van der Waals surface area contributed by atoms with Crippen molar-refractivity contribution in [3.63, 3.8) is 0 Å². The number of hydrogen-bond acceptors (Lipinski definition) is 3. The molecule has 0 spiro atoms. The molecular weight excluding hydrogens is 415 g/mol. The Bertz CT molecular complexity index is 426. The molecule has 0 bridgehead atoms. The Morgan fingerprint density at radius 2 is 1.75 bits per heavy atom. The Hall–Kier alpha value is -1.02. The van der Waals surface area contributed by atoms with E-state index in [-0.39, 0.29) is 24.0 Å². The van der Waals surface area contributed by atoms with Crippen LogP contribution in [0.3, 0.4) is 0 Å². The molecule has 0 radical (unpaired) electrons. The maximum Gasteiger partial charge on any atom is 0.191 e. The molecule has 3 N–H and O–H groups in total. The molecule has 0 aliphatic carbocycles. The fourth-order valence-electron chi connectivity index (χ4n) is 1.97. The second kappa shape index (κ2) is 15.5. The lowest BCUT2D eigenvalue weighted by atomic mass is 10.1. The first-order valence-electron chi connectivity index (χ1n) is 8.53. The van der Waals surface area contributed by atoms with Crippen LogP contribution in [0.25, 0.3) is 0 Å². The van der Waals surface area contributed by atoms with Crippen molar-refractivity contribution in [2.45, 2.75) is 26.7 Å². The summed E-state index contributed by atoms with van der Waals surface area (Å²) >= 11 is 0. The molecule has 0 heterocycles. The molecular formula is C18H33IN4O. The van der Waals surface area contributed by atoms with E-state index >= 15 is 0 Å². The minimum absolute atomic E-state index is 0. The van der Waals surface area contributed by atoms with Gasteiger partial charge in [-0.05, 0) is 30.9 Å². The van der Waals surface area contributed by atoms with Crippen molar-refractivity contribution >= 4 is 35.6 Å². The number of para-hydroxylation sites is 1. The number of anilines is 1. The molecule has 0 atom stereocenters. The molecule has 1 rings (SSSR count). The lowest BCUT2D eigenvalue weighted by Gasteiger charge is -2.13. The highest BCUT2D eigenvalue weighted by Crippen LogP contribution is 2.04. The zero-order chi connectivity index (χ0) is 16.8. The average Bonchev–Trinajstić information content (AvgIpc) is 2.56. The molecule has 0 aliphatic heterocycles. The summed E-state index contributed by atoms with van der Waals surface area (Å²) < 4.78 is 5.58. The number of rotatable bonds is 11. The summed E-state index contributed by atoms with van der Waals surface area (Å²) in [7, 11) is 1.79. The third-order valence-electron chi connectivity index (χ3n) is 3.35. The first-order chi connectivity index (χ1) is 11.2. The smallest absolute Gasteiger partial charge is 0.191 e. The summed E-state index contributed by atoms with van der Waals surface area (Å²) in [6, 6.07) is 10.3. The third kappa shape index (κ3) is 12.4. The van der Waals surface area contributed by atoms with Gasteiger partial charge in [-0.25, -0.2) is 0 Å². The van der Waals surface area contributed by atoms with E-state index in [9.17, 15) is 0 Å². The molecule has 0 aliphatic rings. The molecule has 0 aromatic heterocycles. The minimum Gasteiger partial charge on any atom is -0.385 e. The van der Waals surface area contributed by atoms with E-state index in [1.165, 1.54) is 0 Å². The molecule has 0 saturated heterocycles. The van der Waals surface area contributed by atoms with E-state index in [1.807, 2.05) is 18.2 Å². The van der Waals surface area contributed by atoms with Crippen molar-refractivity contribution in [2.75, 3.05) is 45.2 Å². The highest BCUT2D eigenvalue weighted by molar-refractivity contribution is 14.0. The van der Waals surface area contributed by atoms with Crippen LogP contribution >= 0.6 is 24.0 Å². The van der Waals surface area contributed by atoms with Crippen molar-refractivity contribution in [1.29, 1.82) is 0 Å². The standard InChI is InChI=1S/C18H32N4O.HI/c1-16(2)10-14-23-15-13-22-18(19-3)21-12-7-11-20-17-8-5-4-6-9-17;/h4-6,8-9,16,20H,7,10-15H2,1-3H3,(H2,19,21,22);1H. The van der Waals surface area contributed by atoms with Crippen LogP contribution in [0.15, 0.2) is 35.3 Å². The molecule has 6 heteroatoms. The predicted octanol–water partition coefficient (Wildman–Crippen LogP) is 3.33. The van der Waals surface area contributed by atoms with Crippen LogP contribution in [0.5, 0.6) is 0 Å². The van der Waals surface area contributed by atoms with Gasteiger partial charge < -0.3 is 20.7 Å². The zero-order valence-corrected chi connectivity index (χ0v) is 17.5. The zero-order valence-electron chi connectivity index (χ0n) is 15.2. The molecule has 0 saturated carbocycles. The number of halogens is 1. The van der Waals surface area contributed by atoms with Gasteiger partial charge in [0, 0.05) is 39.0 Å². The molecule has 24 heavy (non-hydrogen) atoms. The largest absolute Gasteiger partial charge is 0.385 e. The minimum atomic E-state index is 0. The van der Waals surface area contributed by atoms with Crippen LogP contribution in [-0.4, -0.2) is 45.9 Å². The molecule has 0 fully saturated rings. The van der Waals surface area contributed by atoms with Gasteiger partial charge in [0.05, 0.1) is 6.61 Å². The summed E-state index contributed by atoms with van der Waals surface area (Å²) in [5, 5.41) is 9.96. The van der Waals surface area contributed by atoms with Crippen molar-refractivity contribution in [3.8, 4) is 0 Å². The number of nitrogens with one attached hydrogen (secondary N) is 3. The fourth-order valence-corrected chi connectivity index (χ4v) is 1.97. The second-order valence-corrected chi connectivity index (χ2v) is 5.87. The monoisotopic (exact) mass is 448 g/mol. The van der Waals surface area contributed by atoms with Crippen LogP contribution in [0.4, 0.5) is 5.69 Å². The van der Waals surface area contributed by atoms with E-state index in [0.717, 1.165) is 50.7 Å². The van der Waals surface area contributed by atoms with Gasteiger partial charge in [-0.15, -0.1) is 24.0 Å². The van der Waals surface area contributed by atoms with E-state index < -0.39 is 0 Å². The maximum absolute atomic E-state index is 5.58. The highest BCUT2D eigenvalue weighted by Gasteiger charge is 1.98. The van der Waals surface area contributed by atoms with E-state index in [0.29, 0.717) is 12.5 Å². The number of nitrogens with zero attached hydrogens (tertiary/aromatic N) is 1. The summed E-state index contributed by atoms with van der Waals surface area (Å²) in [5.41, 5.74) is 1.16. The SMILES string of the molecule is CN=C(NCCCNc1ccccc1)NCCOCCC(C)C.I. The summed E-state index contributed by atoms with van der Waals surface area (Å²) in [6.45, 7) is 8.56. The van der Waals surface area contributed by atoms with Gasteiger partial charge in [0.15, 0.2) is 5.96 Å². The van der Waals surface area contributed by atoms with Gasteiger partial charge in [-0.3, -0.25) is 4.99 Å². The number of hydrogen-bond donors (Lipinski definition) is 3. The Kier molecular flexibility index (Phi) is 14.8. The second-order valence-electron chi connectivity index (χ2n) is 5.87. The van der Waals surface area contributed by atoms with Gasteiger partial charge >= 0.3 is 0 Å². The van der Waals surface area contributed by atoms with Crippen molar-refractivity contribution in [1.82, 2.24) is 10.6 Å². The van der Waals surface area contributed by atoms with E-state index in [1.54, 1.807) is 7.05 Å². The predicted molar refractivity (Wildman–Crippen MR) is 115 cm³/mol. The average molecular weight is 448 g/mol. The van der Waals surface area contributed by atoms with Gasteiger partial charge in [0.25, 0.3) is 0 Å². The van der Waals surface area contributed by atoms with Crippen LogP contribution in [0, 0.1) is 5.92 Å². The first-order valence-corrected chi connectivity index (χ1v) is 8.53. The Balaban J connectivity index is 0.00000529. The van der Waals surface area contributed by atoms with Gasteiger partial charge in [-0.2, -0.15) is 0 Å². The molecule has 1 aromatic carbocycles. The quantitative estimate of drug-likeness (QED) is 0.210. The number of aliphatic imine (C=N–C) groups is 1. The van der Waals surface area contributed by atoms with Crippen molar-refractivity contribution < 1.29 is 4.74 Å². The summed E-state index contributed by atoms with van der Waals surface area (Å²) in [4.78, 5) is 4.21.